The van der Waals surface area contributed by atoms with E-state index in [0.717, 1.165) is 0 Å². The van der Waals surface area contributed by atoms with Crippen LogP contribution >= 0.6 is 23.4 Å². The van der Waals surface area contributed by atoms with Crippen molar-refractivity contribution in [1.82, 2.24) is 0 Å². The Balaban J connectivity index is 0.00000129. The van der Waals surface area contributed by atoms with E-state index in [1.807, 2.05) is 0 Å². The summed E-state index contributed by atoms with van der Waals surface area (Å²) >= 11 is 0. The summed E-state index contributed by atoms with van der Waals surface area (Å²) in [6.07, 6.45) is -0.0165. The molecule has 1 rings (SSSR count). The fraction of sp³-hybridized carbons (Fsp3) is 0.500. The molecule has 25 heavy (non-hydrogen) atoms. The van der Waals surface area contributed by atoms with Crippen LogP contribution in [0.4, 0.5) is 0 Å². The molecular weight excluding hydrogens is 397 g/mol. The molecule has 0 spiro atoms. The molecule has 0 atom stereocenters. The number of hydrogen-bond acceptors (Lipinski definition) is 8. The highest BCUT2D eigenvalue weighted by atomic mass is 31.2. The Morgan fingerprint density at radius 1 is 0.840 bits per heavy atom. The van der Waals surface area contributed by atoms with Crippen LogP contribution in [-0.2, 0) is 44.1 Å². The standard InChI is InChI=1S/C12H20O7P2.HO3P/c1-16-20(14,17-2)8-10-5-11(7-12(13)6-10)9-21(15,18-3)19-4;1-4(2)3/h5-7,13H,8-9H2,1-4H3;(H-,1,2,3)/p+1. The summed E-state index contributed by atoms with van der Waals surface area (Å²) < 4.78 is 52.4. The molecule has 0 fully saturated rings. The molecule has 0 heterocycles. The number of hydrogen-bond donors (Lipinski definition) is 3. The lowest BCUT2D eigenvalue weighted by Gasteiger charge is -2.16. The normalized spacial score (nSPS) is 11.6. The van der Waals surface area contributed by atoms with Crippen molar-refractivity contribution in [1.29, 1.82) is 0 Å². The topological polar surface area (TPSA) is 149 Å². The Labute approximate surface area is 146 Å². The molecule has 0 saturated heterocycles. The average molecular weight is 419 g/mol. The van der Waals surface area contributed by atoms with Gasteiger partial charge in [0, 0.05) is 33.0 Å². The van der Waals surface area contributed by atoms with Gasteiger partial charge in [-0.1, -0.05) is 6.07 Å². The first-order valence-electron chi connectivity index (χ1n) is 6.61. The molecule has 0 amide bonds. The lowest BCUT2D eigenvalue weighted by molar-refractivity contribution is 0.274. The Hall–Kier alpha value is -0.660. The van der Waals surface area contributed by atoms with Gasteiger partial charge in [-0.2, -0.15) is 0 Å². The Kier molecular flexibility index (Phi) is 10.8. The van der Waals surface area contributed by atoms with Crippen molar-refractivity contribution in [2.75, 3.05) is 28.4 Å². The van der Waals surface area contributed by atoms with Crippen LogP contribution in [0.3, 0.4) is 0 Å². The van der Waals surface area contributed by atoms with Crippen LogP contribution in [0.2, 0.25) is 0 Å². The van der Waals surface area contributed by atoms with Gasteiger partial charge < -0.3 is 23.2 Å². The number of rotatable bonds is 8. The molecule has 0 radical (unpaired) electrons. The van der Waals surface area contributed by atoms with Gasteiger partial charge in [-0.25, -0.2) is 0 Å². The van der Waals surface area contributed by atoms with Crippen molar-refractivity contribution in [2.24, 2.45) is 0 Å². The molecule has 0 aromatic heterocycles. The van der Waals surface area contributed by atoms with E-state index in [-0.39, 0.29) is 18.1 Å². The maximum atomic E-state index is 12.1. The Morgan fingerprint density at radius 2 is 1.12 bits per heavy atom. The molecule has 3 N–H and O–H groups in total. The van der Waals surface area contributed by atoms with Crippen molar-refractivity contribution < 1.29 is 46.7 Å². The summed E-state index contributed by atoms with van der Waals surface area (Å²) in [5.41, 5.74) is 1.08. The molecule has 10 nitrogen and oxygen atoms in total. The fourth-order valence-corrected chi connectivity index (χ4v) is 3.85. The zero-order chi connectivity index (χ0) is 19.7. The highest BCUT2D eigenvalue weighted by molar-refractivity contribution is 7.53. The first-order chi connectivity index (χ1) is 11.5. The Morgan fingerprint density at radius 3 is 1.36 bits per heavy atom. The molecule has 0 saturated carbocycles. The first-order valence-corrected chi connectivity index (χ1v) is 11.2. The second-order valence-corrected chi connectivity index (χ2v) is 9.57. The molecule has 1 aromatic rings. The van der Waals surface area contributed by atoms with Gasteiger partial charge in [0.1, 0.15) is 5.75 Å². The molecular formula is C12H22O10P3+. The predicted molar refractivity (Wildman–Crippen MR) is 90.8 cm³/mol. The molecule has 0 aliphatic carbocycles. The summed E-state index contributed by atoms with van der Waals surface area (Å²) in [5.74, 6) is -0.0417. The lowest BCUT2D eigenvalue weighted by atomic mass is 10.1. The van der Waals surface area contributed by atoms with Crippen molar-refractivity contribution >= 4 is 23.4 Å². The lowest BCUT2D eigenvalue weighted by Crippen LogP contribution is -1.97. The second-order valence-electron chi connectivity index (χ2n) is 4.53. The molecule has 0 unspecified atom stereocenters. The van der Waals surface area contributed by atoms with E-state index >= 15 is 0 Å². The molecule has 144 valence electrons. The predicted octanol–water partition coefficient (Wildman–Crippen LogP) is 2.99. The van der Waals surface area contributed by atoms with E-state index in [1.165, 1.54) is 40.6 Å². The van der Waals surface area contributed by atoms with E-state index < -0.39 is 23.4 Å². The van der Waals surface area contributed by atoms with Gasteiger partial charge in [0.25, 0.3) is 0 Å². The van der Waals surface area contributed by atoms with E-state index in [1.54, 1.807) is 6.07 Å². The first kappa shape index (κ1) is 24.3. The van der Waals surface area contributed by atoms with E-state index in [4.69, 9.17) is 32.4 Å². The highest BCUT2D eigenvalue weighted by Gasteiger charge is 2.25. The van der Waals surface area contributed by atoms with Crippen LogP contribution in [0.5, 0.6) is 5.75 Å². The molecule has 13 heteroatoms. The monoisotopic (exact) mass is 419 g/mol. The smallest absolute Gasteiger partial charge is 0.508 e. The van der Waals surface area contributed by atoms with Crippen molar-refractivity contribution in [2.45, 2.75) is 12.3 Å². The second kappa shape index (κ2) is 11.1. The summed E-state index contributed by atoms with van der Waals surface area (Å²) in [6, 6.07) is 4.53. The number of phenolic OH excluding ortho intramolecular Hbond substituents is 1. The summed E-state index contributed by atoms with van der Waals surface area (Å²) in [5, 5.41) is 9.74. The van der Waals surface area contributed by atoms with Gasteiger partial charge >= 0.3 is 23.4 Å². The van der Waals surface area contributed by atoms with Crippen LogP contribution < -0.4 is 0 Å². The quantitative estimate of drug-likeness (QED) is 0.537. The minimum atomic E-state index is -3.25. The summed E-state index contributed by atoms with van der Waals surface area (Å²) in [7, 11) is -4.21. The van der Waals surface area contributed by atoms with Gasteiger partial charge in [-0.05, 0) is 23.3 Å². The van der Waals surface area contributed by atoms with Crippen molar-refractivity contribution in [3.05, 3.63) is 29.3 Å². The van der Waals surface area contributed by atoms with Crippen molar-refractivity contribution in [3.8, 4) is 5.75 Å². The van der Waals surface area contributed by atoms with Gasteiger partial charge in [0.05, 0.1) is 12.3 Å². The average Bonchev–Trinajstić information content (AvgIpc) is 2.53. The fourth-order valence-electron chi connectivity index (χ4n) is 1.78. The van der Waals surface area contributed by atoms with Crippen LogP contribution in [0.25, 0.3) is 0 Å². The molecule has 0 aliphatic rings. The van der Waals surface area contributed by atoms with Gasteiger partial charge in [-0.15, -0.1) is 9.79 Å². The number of aromatic hydroxyl groups is 1. The summed E-state index contributed by atoms with van der Waals surface area (Å²) in [4.78, 5) is 14.2. The largest absolute Gasteiger partial charge is 0.692 e. The van der Waals surface area contributed by atoms with Gasteiger partial charge in [0.15, 0.2) is 0 Å². The highest BCUT2D eigenvalue weighted by Crippen LogP contribution is 2.52. The zero-order valence-corrected chi connectivity index (χ0v) is 16.9. The molecule has 0 bridgehead atoms. The molecule has 0 aliphatic heterocycles. The maximum absolute atomic E-state index is 12.1. The van der Waals surface area contributed by atoms with Gasteiger partial charge in [-0.3, -0.25) is 9.13 Å². The maximum Gasteiger partial charge on any atom is 0.692 e. The van der Waals surface area contributed by atoms with Crippen LogP contribution in [-0.4, -0.2) is 43.3 Å². The third-order valence-electron chi connectivity index (χ3n) is 2.90. The van der Waals surface area contributed by atoms with E-state index in [9.17, 15) is 14.2 Å². The molecule has 1 aromatic carbocycles. The zero-order valence-electron chi connectivity index (χ0n) is 14.2. The van der Waals surface area contributed by atoms with Gasteiger partial charge in [0.2, 0.25) is 0 Å². The van der Waals surface area contributed by atoms with Crippen molar-refractivity contribution in [3.63, 3.8) is 0 Å². The number of phenols is 1. The number of benzene rings is 1. The van der Waals surface area contributed by atoms with Crippen LogP contribution in [0.15, 0.2) is 18.2 Å². The van der Waals surface area contributed by atoms with E-state index in [0.29, 0.717) is 11.1 Å². The van der Waals surface area contributed by atoms with Crippen LogP contribution in [0, 0.1) is 0 Å². The third kappa shape index (κ3) is 9.56. The summed E-state index contributed by atoms with van der Waals surface area (Å²) in [6.45, 7) is 0. The minimum absolute atomic E-state index is 0.00827. The van der Waals surface area contributed by atoms with E-state index in [2.05, 4.69) is 0 Å². The SMILES string of the molecule is COP(=O)(Cc1cc(O)cc(CP(=O)(OC)OC)c1)OC.O=[P+](O)O. The Bertz CT molecular complexity index is 596. The minimum Gasteiger partial charge on any atom is -0.508 e. The van der Waals surface area contributed by atoms with Crippen LogP contribution in [0.1, 0.15) is 11.1 Å². The third-order valence-corrected chi connectivity index (χ3v) is 6.63.